The van der Waals surface area contributed by atoms with Crippen LogP contribution in [0.25, 0.3) is 0 Å². The van der Waals surface area contributed by atoms with Gasteiger partial charge >= 0.3 is 0 Å². The number of benzene rings is 1. The van der Waals surface area contributed by atoms with Crippen LogP contribution in [0.3, 0.4) is 0 Å². The van der Waals surface area contributed by atoms with Crippen molar-refractivity contribution in [3.63, 3.8) is 0 Å². The largest absolute Gasteiger partial charge is 0.506 e. The lowest BCUT2D eigenvalue weighted by atomic mass is 10.1. The van der Waals surface area contributed by atoms with Crippen LogP contribution >= 0.6 is 22.6 Å². The number of ether oxygens (including phenoxy) is 1. The van der Waals surface area contributed by atoms with E-state index in [-0.39, 0.29) is 0 Å². The van der Waals surface area contributed by atoms with Gasteiger partial charge in [-0.25, -0.2) is 0 Å². The Kier molecular flexibility index (Phi) is 1.90. The van der Waals surface area contributed by atoms with Crippen molar-refractivity contribution >= 4 is 22.6 Å². The summed E-state index contributed by atoms with van der Waals surface area (Å²) in [5, 5.41) is 9.71. The fourth-order valence-electron chi connectivity index (χ4n) is 1.42. The van der Waals surface area contributed by atoms with E-state index >= 15 is 0 Å². The standard InChI is InChI=1S/C9H9IO2/c1-5-4-7-6(2-3-12-7)9(11)8(5)10/h4,11H,2-3H2,1H3. The summed E-state index contributed by atoms with van der Waals surface area (Å²) in [7, 11) is 0. The second kappa shape index (κ2) is 2.80. The third kappa shape index (κ3) is 1.07. The van der Waals surface area contributed by atoms with Gasteiger partial charge in [0.1, 0.15) is 11.5 Å². The van der Waals surface area contributed by atoms with Crippen molar-refractivity contribution in [1.29, 1.82) is 0 Å². The van der Waals surface area contributed by atoms with Crippen molar-refractivity contribution in [1.82, 2.24) is 0 Å². The maximum absolute atomic E-state index is 9.71. The minimum atomic E-state index is 0.406. The first kappa shape index (κ1) is 8.16. The van der Waals surface area contributed by atoms with Crippen LogP contribution in [-0.4, -0.2) is 11.7 Å². The maximum atomic E-state index is 9.71. The summed E-state index contributed by atoms with van der Waals surface area (Å²) in [5.74, 6) is 1.26. The molecule has 0 radical (unpaired) electrons. The highest BCUT2D eigenvalue weighted by molar-refractivity contribution is 14.1. The highest BCUT2D eigenvalue weighted by atomic mass is 127. The Hall–Kier alpha value is -0.450. The fourth-order valence-corrected chi connectivity index (χ4v) is 1.90. The van der Waals surface area contributed by atoms with Gasteiger partial charge in [-0.15, -0.1) is 0 Å². The lowest BCUT2D eigenvalue weighted by Gasteiger charge is -2.06. The molecule has 1 aromatic carbocycles. The van der Waals surface area contributed by atoms with Gasteiger partial charge in [0.25, 0.3) is 0 Å². The number of halogens is 1. The van der Waals surface area contributed by atoms with E-state index in [1.165, 1.54) is 0 Å². The molecule has 0 bridgehead atoms. The number of aromatic hydroxyl groups is 1. The van der Waals surface area contributed by atoms with Gasteiger partial charge in [-0.1, -0.05) is 0 Å². The second-order valence-electron chi connectivity index (χ2n) is 2.93. The monoisotopic (exact) mass is 276 g/mol. The van der Waals surface area contributed by atoms with E-state index in [0.717, 1.165) is 26.9 Å². The Balaban J connectivity index is 2.67. The summed E-state index contributed by atoms with van der Waals surface area (Å²) in [6, 6.07) is 1.99. The summed E-state index contributed by atoms with van der Waals surface area (Å²) in [4.78, 5) is 0. The number of aryl methyl sites for hydroxylation is 1. The minimum Gasteiger partial charge on any atom is -0.506 e. The van der Waals surface area contributed by atoms with Crippen LogP contribution in [-0.2, 0) is 6.42 Å². The average Bonchev–Trinajstić information content (AvgIpc) is 2.48. The van der Waals surface area contributed by atoms with Gasteiger partial charge in [0.15, 0.2) is 0 Å². The van der Waals surface area contributed by atoms with Crippen molar-refractivity contribution < 1.29 is 9.84 Å². The highest BCUT2D eigenvalue weighted by Crippen LogP contribution is 2.38. The molecular formula is C9H9IO2. The van der Waals surface area contributed by atoms with Crippen molar-refractivity contribution in [3.8, 4) is 11.5 Å². The van der Waals surface area contributed by atoms with Gasteiger partial charge in [-0.05, 0) is 41.1 Å². The summed E-state index contributed by atoms with van der Waals surface area (Å²) in [5.41, 5.74) is 2.04. The zero-order chi connectivity index (χ0) is 8.72. The summed E-state index contributed by atoms with van der Waals surface area (Å²) < 4.78 is 6.29. The van der Waals surface area contributed by atoms with E-state index in [2.05, 4.69) is 22.6 Å². The molecule has 0 unspecified atom stereocenters. The summed E-state index contributed by atoms with van der Waals surface area (Å²) >= 11 is 2.16. The molecule has 0 atom stereocenters. The number of rotatable bonds is 0. The van der Waals surface area contributed by atoms with E-state index in [9.17, 15) is 5.11 Å². The number of phenolic OH excluding ortho intramolecular Hbond substituents is 1. The van der Waals surface area contributed by atoms with Crippen LogP contribution in [0.15, 0.2) is 6.07 Å². The zero-order valence-corrected chi connectivity index (χ0v) is 8.88. The number of fused-ring (bicyclic) bond motifs is 1. The molecule has 0 aliphatic carbocycles. The third-order valence-electron chi connectivity index (χ3n) is 2.09. The Bertz CT molecular complexity index is 334. The molecule has 0 saturated heterocycles. The van der Waals surface area contributed by atoms with Crippen molar-refractivity contribution in [2.45, 2.75) is 13.3 Å². The first-order valence-electron chi connectivity index (χ1n) is 3.84. The second-order valence-corrected chi connectivity index (χ2v) is 4.01. The Morgan fingerprint density at radius 2 is 2.33 bits per heavy atom. The van der Waals surface area contributed by atoms with Crippen LogP contribution in [0, 0.1) is 10.5 Å². The van der Waals surface area contributed by atoms with Gasteiger partial charge in [0.2, 0.25) is 0 Å². The molecule has 0 saturated carbocycles. The molecule has 0 fully saturated rings. The number of hydrogen-bond acceptors (Lipinski definition) is 2. The first-order valence-corrected chi connectivity index (χ1v) is 4.92. The van der Waals surface area contributed by atoms with Gasteiger partial charge in [0.05, 0.1) is 10.2 Å². The quantitative estimate of drug-likeness (QED) is 0.736. The molecule has 1 aliphatic rings. The SMILES string of the molecule is Cc1cc2c(c(O)c1I)CCO2. The number of hydrogen-bond donors (Lipinski definition) is 1. The molecule has 0 aromatic heterocycles. The Morgan fingerprint density at radius 3 is 3.08 bits per heavy atom. The van der Waals surface area contributed by atoms with Crippen LogP contribution in [0.2, 0.25) is 0 Å². The Morgan fingerprint density at radius 1 is 1.58 bits per heavy atom. The summed E-state index contributed by atoms with van der Waals surface area (Å²) in [6.45, 7) is 2.67. The lowest BCUT2D eigenvalue weighted by molar-refractivity contribution is 0.356. The van der Waals surface area contributed by atoms with Crippen molar-refractivity contribution in [2.24, 2.45) is 0 Å². The first-order chi connectivity index (χ1) is 5.70. The maximum Gasteiger partial charge on any atom is 0.136 e. The topological polar surface area (TPSA) is 29.5 Å². The number of phenols is 1. The van der Waals surface area contributed by atoms with Crippen LogP contribution in [0.4, 0.5) is 0 Å². The average molecular weight is 276 g/mol. The molecule has 2 rings (SSSR count). The molecule has 2 nitrogen and oxygen atoms in total. The van der Waals surface area contributed by atoms with E-state index in [1.807, 2.05) is 13.0 Å². The summed E-state index contributed by atoms with van der Waals surface area (Å²) in [6.07, 6.45) is 0.831. The molecule has 1 N–H and O–H groups in total. The zero-order valence-electron chi connectivity index (χ0n) is 6.72. The molecule has 12 heavy (non-hydrogen) atoms. The third-order valence-corrected chi connectivity index (χ3v) is 3.46. The predicted molar refractivity (Wildman–Crippen MR) is 54.8 cm³/mol. The molecule has 0 amide bonds. The van der Waals surface area contributed by atoms with Crippen molar-refractivity contribution in [3.05, 3.63) is 20.8 Å². The normalized spacial score (nSPS) is 14.2. The molecule has 1 heterocycles. The molecular weight excluding hydrogens is 267 g/mol. The van der Waals surface area contributed by atoms with Crippen molar-refractivity contribution in [2.75, 3.05) is 6.61 Å². The molecule has 0 spiro atoms. The van der Waals surface area contributed by atoms with Crippen LogP contribution in [0.5, 0.6) is 11.5 Å². The van der Waals surface area contributed by atoms with Gasteiger partial charge in [0, 0.05) is 12.0 Å². The van der Waals surface area contributed by atoms with E-state index in [4.69, 9.17) is 4.74 Å². The smallest absolute Gasteiger partial charge is 0.136 e. The van der Waals surface area contributed by atoms with Crippen LogP contribution < -0.4 is 4.74 Å². The molecule has 1 aromatic rings. The lowest BCUT2D eigenvalue weighted by Crippen LogP contribution is -1.86. The van der Waals surface area contributed by atoms with Gasteiger partial charge in [-0.3, -0.25) is 0 Å². The molecule has 3 heteroatoms. The fraction of sp³-hybridized carbons (Fsp3) is 0.333. The minimum absolute atomic E-state index is 0.406. The predicted octanol–water partition coefficient (Wildman–Crippen LogP) is 2.24. The van der Waals surface area contributed by atoms with E-state index in [1.54, 1.807) is 0 Å². The Labute approximate surface area is 84.7 Å². The van der Waals surface area contributed by atoms with E-state index in [0.29, 0.717) is 12.4 Å². The van der Waals surface area contributed by atoms with Crippen LogP contribution in [0.1, 0.15) is 11.1 Å². The van der Waals surface area contributed by atoms with Gasteiger partial charge < -0.3 is 9.84 Å². The molecule has 1 aliphatic heterocycles. The van der Waals surface area contributed by atoms with E-state index < -0.39 is 0 Å². The molecule has 64 valence electrons. The van der Waals surface area contributed by atoms with Gasteiger partial charge in [-0.2, -0.15) is 0 Å². The highest BCUT2D eigenvalue weighted by Gasteiger charge is 2.19.